The molecule has 0 aliphatic heterocycles. The van der Waals surface area contributed by atoms with Gasteiger partial charge in [-0.1, -0.05) is 11.6 Å². The van der Waals surface area contributed by atoms with Crippen molar-refractivity contribution in [3.63, 3.8) is 0 Å². The Hall–Kier alpha value is -1.13. The largest absolute Gasteiger partial charge is 0.370 e. The molecule has 1 aromatic heterocycles. The summed E-state index contributed by atoms with van der Waals surface area (Å²) in [6.07, 6.45) is 0. The van der Waals surface area contributed by atoms with Gasteiger partial charge >= 0.3 is 0 Å². The molecular weight excluding hydrogens is 326 g/mol. The van der Waals surface area contributed by atoms with Crippen LogP contribution in [0.25, 0.3) is 11.4 Å². The summed E-state index contributed by atoms with van der Waals surface area (Å²) in [5.41, 5.74) is 2.99. The van der Waals surface area contributed by atoms with Crippen molar-refractivity contribution >= 4 is 33.3 Å². The number of anilines is 1. The molecule has 2 rings (SSSR count). The van der Waals surface area contributed by atoms with Gasteiger partial charge < -0.3 is 5.32 Å². The molecule has 1 aromatic carbocycles. The Morgan fingerprint density at radius 1 is 1.26 bits per heavy atom. The number of hydrogen-bond acceptors (Lipinski definition) is 3. The predicted octanol–water partition coefficient (Wildman–Crippen LogP) is 4.61. The van der Waals surface area contributed by atoms with Crippen molar-refractivity contribution in [1.82, 2.24) is 9.97 Å². The molecule has 3 nitrogen and oxygen atoms in total. The van der Waals surface area contributed by atoms with Crippen LogP contribution in [0.2, 0.25) is 5.02 Å². The van der Waals surface area contributed by atoms with Gasteiger partial charge in [-0.2, -0.15) is 0 Å². The summed E-state index contributed by atoms with van der Waals surface area (Å²) >= 11 is 9.46. The fourth-order valence-corrected chi connectivity index (χ4v) is 2.62. The Labute approximate surface area is 126 Å². The lowest BCUT2D eigenvalue weighted by molar-refractivity contribution is 1.05. The van der Waals surface area contributed by atoms with Crippen molar-refractivity contribution in [1.29, 1.82) is 0 Å². The monoisotopic (exact) mass is 339 g/mol. The first-order chi connectivity index (χ1) is 9.02. The molecule has 100 valence electrons. The minimum absolute atomic E-state index is 0.686. The van der Waals surface area contributed by atoms with Crippen LogP contribution in [0.15, 0.2) is 22.7 Å². The fraction of sp³-hybridized carbons (Fsp3) is 0.286. The van der Waals surface area contributed by atoms with Crippen molar-refractivity contribution in [3.05, 3.63) is 39.0 Å². The van der Waals surface area contributed by atoms with Gasteiger partial charge in [0.15, 0.2) is 5.82 Å². The summed E-state index contributed by atoms with van der Waals surface area (Å²) in [7, 11) is 0. The molecule has 0 aliphatic carbocycles. The standard InChI is InChI=1S/C14H15BrClN3/c1-4-17-13-8(2)9(3)18-14(19-13)11-6-5-10(16)7-12(11)15/h5-7H,4H2,1-3H3,(H,17,18,19). The Bertz CT molecular complexity index is 614. The molecule has 1 heterocycles. The second-order valence-corrected chi connectivity index (χ2v) is 5.55. The van der Waals surface area contributed by atoms with Gasteiger partial charge in [0.1, 0.15) is 5.82 Å². The van der Waals surface area contributed by atoms with Crippen LogP contribution in [0.5, 0.6) is 0 Å². The van der Waals surface area contributed by atoms with Crippen LogP contribution in [0.4, 0.5) is 5.82 Å². The van der Waals surface area contributed by atoms with Crippen LogP contribution < -0.4 is 5.32 Å². The summed E-state index contributed by atoms with van der Waals surface area (Å²) in [5, 5.41) is 3.95. The zero-order valence-electron chi connectivity index (χ0n) is 11.1. The van der Waals surface area contributed by atoms with Crippen LogP contribution in [0.1, 0.15) is 18.2 Å². The van der Waals surface area contributed by atoms with E-state index in [1.165, 1.54) is 0 Å². The SMILES string of the molecule is CCNc1nc(-c2ccc(Cl)cc2Br)nc(C)c1C. The highest BCUT2D eigenvalue weighted by Crippen LogP contribution is 2.30. The lowest BCUT2D eigenvalue weighted by Gasteiger charge is -2.12. The molecule has 1 N–H and O–H groups in total. The van der Waals surface area contributed by atoms with E-state index in [2.05, 4.69) is 38.1 Å². The number of aryl methyl sites for hydroxylation is 1. The maximum atomic E-state index is 5.96. The highest BCUT2D eigenvalue weighted by molar-refractivity contribution is 9.10. The van der Waals surface area contributed by atoms with Gasteiger partial charge in [-0.15, -0.1) is 0 Å². The molecule has 5 heteroatoms. The summed E-state index contributed by atoms with van der Waals surface area (Å²) in [6.45, 7) is 6.90. The summed E-state index contributed by atoms with van der Waals surface area (Å²) in [4.78, 5) is 9.14. The minimum atomic E-state index is 0.686. The molecule has 19 heavy (non-hydrogen) atoms. The number of hydrogen-bond donors (Lipinski definition) is 1. The highest BCUT2D eigenvalue weighted by atomic mass is 79.9. The van der Waals surface area contributed by atoms with E-state index in [0.29, 0.717) is 10.8 Å². The third-order valence-corrected chi connectivity index (χ3v) is 3.80. The number of benzene rings is 1. The van der Waals surface area contributed by atoms with E-state index >= 15 is 0 Å². The van der Waals surface area contributed by atoms with Gasteiger partial charge in [0.05, 0.1) is 0 Å². The second-order valence-electron chi connectivity index (χ2n) is 4.26. The van der Waals surface area contributed by atoms with Gasteiger partial charge in [-0.25, -0.2) is 9.97 Å². The topological polar surface area (TPSA) is 37.8 Å². The zero-order chi connectivity index (χ0) is 14.0. The Balaban J connectivity index is 2.56. The van der Waals surface area contributed by atoms with Crippen molar-refractivity contribution in [2.24, 2.45) is 0 Å². The smallest absolute Gasteiger partial charge is 0.162 e. The van der Waals surface area contributed by atoms with E-state index in [1.807, 2.05) is 32.0 Å². The molecule has 0 fully saturated rings. The summed E-state index contributed by atoms with van der Waals surface area (Å²) in [6, 6.07) is 5.61. The lowest BCUT2D eigenvalue weighted by Crippen LogP contribution is -2.06. The van der Waals surface area contributed by atoms with Crippen molar-refractivity contribution in [3.8, 4) is 11.4 Å². The van der Waals surface area contributed by atoms with Crippen LogP contribution in [0.3, 0.4) is 0 Å². The predicted molar refractivity (Wildman–Crippen MR) is 83.8 cm³/mol. The molecular formula is C14H15BrClN3. The number of nitrogens with one attached hydrogen (secondary N) is 1. The van der Waals surface area contributed by atoms with Crippen LogP contribution >= 0.6 is 27.5 Å². The molecule has 0 saturated carbocycles. The number of rotatable bonds is 3. The third kappa shape index (κ3) is 3.07. The first kappa shape index (κ1) is 14.3. The molecule has 0 atom stereocenters. The molecule has 0 aliphatic rings. The Morgan fingerprint density at radius 3 is 2.63 bits per heavy atom. The number of aromatic nitrogens is 2. The number of halogens is 2. The minimum Gasteiger partial charge on any atom is -0.370 e. The molecule has 0 amide bonds. The quantitative estimate of drug-likeness (QED) is 0.886. The molecule has 0 saturated heterocycles. The normalized spacial score (nSPS) is 10.6. The van der Waals surface area contributed by atoms with Gasteiger partial charge in [-0.05, 0) is 54.9 Å². The zero-order valence-corrected chi connectivity index (χ0v) is 13.4. The highest BCUT2D eigenvalue weighted by Gasteiger charge is 2.11. The van der Waals surface area contributed by atoms with Crippen LogP contribution in [-0.4, -0.2) is 16.5 Å². The van der Waals surface area contributed by atoms with E-state index in [9.17, 15) is 0 Å². The average Bonchev–Trinajstić information content (AvgIpc) is 2.35. The van der Waals surface area contributed by atoms with Crippen LogP contribution in [0, 0.1) is 13.8 Å². The van der Waals surface area contributed by atoms with Gasteiger partial charge in [0.2, 0.25) is 0 Å². The van der Waals surface area contributed by atoms with Crippen molar-refractivity contribution < 1.29 is 0 Å². The first-order valence-electron chi connectivity index (χ1n) is 6.07. The third-order valence-electron chi connectivity index (χ3n) is 2.91. The van der Waals surface area contributed by atoms with Gasteiger partial charge in [0, 0.05) is 32.9 Å². The molecule has 0 bridgehead atoms. The lowest BCUT2D eigenvalue weighted by atomic mass is 10.2. The Kier molecular flexibility index (Phi) is 4.42. The van der Waals surface area contributed by atoms with Crippen LogP contribution in [-0.2, 0) is 0 Å². The van der Waals surface area contributed by atoms with E-state index in [1.54, 1.807) is 0 Å². The Morgan fingerprint density at radius 2 is 2.00 bits per heavy atom. The molecule has 0 unspecified atom stereocenters. The maximum absolute atomic E-state index is 5.96. The fourth-order valence-electron chi connectivity index (χ4n) is 1.76. The van der Waals surface area contributed by atoms with Gasteiger partial charge in [0.25, 0.3) is 0 Å². The summed E-state index contributed by atoms with van der Waals surface area (Å²) < 4.78 is 0.894. The molecule has 0 spiro atoms. The molecule has 2 aromatic rings. The van der Waals surface area contributed by atoms with E-state index in [4.69, 9.17) is 11.6 Å². The number of nitrogens with zero attached hydrogens (tertiary/aromatic N) is 2. The van der Waals surface area contributed by atoms with Crippen molar-refractivity contribution in [2.45, 2.75) is 20.8 Å². The van der Waals surface area contributed by atoms with E-state index in [0.717, 1.165) is 33.7 Å². The van der Waals surface area contributed by atoms with E-state index < -0.39 is 0 Å². The average molecular weight is 341 g/mol. The summed E-state index contributed by atoms with van der Waals surface area (Å²) in [5.74, 6) is 1.58. The second kappa shape index (κ2) is 5.88. The molecule has 0 radical (unpaired) electrons. The maximum Gasteiger partial charge on any atom is 0.162 e. The van der Waals surface area contributed by atoms with E-state index in [-0.39, 0.29) is 0 Å². The first-order valence-corrected chi connectivity index (χ1v) is 7.24. The van der Waals surface area contributed by atoms with Crippen molar-refractivity contribution in [2.75, 3.05) is 11.9 Å². The van der Waals surface area contributed by atoms with Gasteiger partial charge in [-0.3, -0.25) is 0 Å².